The smallest absolute Gasteiger partial charge is 0.407 e. The lowest BCUT2D eigenvalue weighted by Gasteiger charge is -2.43. The number of hydrogen-bond donors (Lipinski definition) is 1. The van der Waals surface area contributed by atoms with Gasteiger partial charge >= 0.3 is 6.09 Å². The lowest BCUT2D eigenvalue weighted by molar-refractivity contribution is 0.0495. The third-order valence-electron chi connectivity index (χ3n) is 3.27. The number of piperazine rings is 1. The summed E-state index contributed by atoms with van der Waals surface area (Å²) in [6.45, 7) is 9.58. The van der Waals surface area contributed by atoms with Gasteiger partial charge in [-0.15, -0.1) is 0 Å². The maximum absolute atomic E-state index is 10.7. The molecule has 0 spiro atoms. The molecular weight excluding hydrogens is 180 g/mol. The van der Waals surface area contributed by atoms with Gasteiger partial charge in [-0.2, -0.15) is 0 Å². The van der Waals surface area contributed by atoms with Crippen molar-refractivity contribution in [2.75, 3.05) is 26.2 Å². The van der Waals surface area contributed by atoms with Gasteiger partial charge in [0.05, 0.1) is 0 Å². The van der Waals surface area contributed by atoms with E-state index in [1.807, 2.05) is 0 Å². The normalized spacial score (nSPS) is 19.8. The number of rotatable bonds is 2. The molecule has 1 heterocycles. The van der Waals surface area contributed by atoms with Crippen LogP contribution >= 0.6 is 0 Å². The van der Waals surface area contributed by atoms with Crippen molar-refractivity contribution in [2.24, 2.45) is 0 Å². The molecule has 1 fully saturated rings. The Morgan fingerprint density at radius 1 is 1.29 bits per heavy atom. The summed E-state index contributed by atoms with van der Waals surface area (Å²) in [6, 6.07) is 0. The van der Waals surface area contributed by atoms with Gasteiger partial charge in [0.2, 0.25) is 0 Å². The van der Waals surface area contributed by atoms with E-state index in [1.54, 1.807) is 0 Å². The Balaban J connectivity index is 2.47. The summed E-state index contributed by atoms with van der Waals surface area (Å²) in [4.78, 5) is 14.5. The fourth-order valence-electron chi connectivity index (χ4n) is 1.73. The summed E-state index contributed by atoms with van der Waals surface area (Å²) >= 11 is 0. The molecule has 1 aliphatic rings. The van der Waals surface area contributed by atoms with Crippen molar-refractivity contribution in [1.29, 1.82) is 0 Å². The van der Waals surface area contributed by atoms with Gasteiger partial charge in [-0.05, 0) is 20.3 Å². The third-order valence-corrected chi connectivity index (χ3v) is 3.27. The molecule has 0 aromatic heterocycles. The zero-order valence-corrected chi connectivity index (χ0v) is 9.29. The van der Waals surface area contributed by atoms with Crippen LogP contribution in [0.2, 0.25) is 0 Å². The zero-order chi connectivity index (χ0) is 10.8. The van der Waals surface area contributed by atoms with Crippen molar-refractivity contribution in [3.63, 3.8) is 0 Å². The van der Waals surface area contributed by atoms with Gasteiger partial charge in [-0.1, -0.05) is 6.92 Å². The van der Waals surface area contributed by atoms with Crippen LogP contribution in [0, 0.1) is 0 Å². The first kappa shape index (κ1) is 11.3. The third kappa shape index (κ3) is 2.38. The summed E-state index contributed by atoms with van der Waals surface area (Å²) in [5.74, 6) is 0. The fraction of sp³-hybridized carbons (Fsp3) is 0.900. The minimum absolute atomic E-state index is 0.199. The van der Waals surface area contributed by atoms with Crippen molar-refractivity contribution < 1.29 is 9.90 Å². The highest BCUT2D eigenvalue weighted by molar-refractivity contribution is 5.65. The van der Waals surface area contributed by atoms with Gasteiger partial charge in [0.1, 0.15) is 0 Å². The van der Waals surface area contributed by atoms with Crippen molar-refractivity contribution >= 4 is 6.09 Å². The molecule has 4 nitrogen and oxygen atoms in total. The van der Waals surface area contributed by atoms with E-state index in [1.165, 1.54) is 4.90 Å². The summed E-state index contributed by atoms with van der Waals surface area (Å²) < 4.78 is 0. The topological polar surface area (TPSA) is 43.8 Å². The van der Waals surface area contributed by atoms with Crippen LogP contribution in [0.5, 0.6) is 0 Å². The minimum Gasteiger partial charge on any atom is -0.465 e. The molecule has 14 heavy (non-hydrogen) atoms. The molecule has 1 amide bonds. The van der Waals surface area contributed by atoms with Gasteiger partial charge in [-0.3, -0.25) is 4.90 Å². The van der Waals surface area contributed by atoms with Gasteiger partial charge in [0.25, 0.3) is 0 Å². The number of hydrogen-bond acceptors (Lipinski definition) is 2. The first-order valence-corrected chi connectivity index (χ1v) is 5.20. The highest BCUT2D eigenvalue weighted by Crippen LogP contribution is 2.19. The van der Waals surface area contributed by atoms with Gasteiger partial charge in [0.15, 0.2) is 0 Å². The Kier molecular flexibility index (Phi) is 3.37. The van der Waals surface area contributed by atoms with Crippen LogP contribution in [0.25, 0.3) is 0 Å². The fourth-order valence-corrected chi connectivity index (χ4v) is 1.73. The second-order valence-corrected chi connectivity index (χ2v) is 4.42. The van der Waals surface area contributed by atoms with Crippen LogP contribution in [-0.4, -0.2) is 52.7 Å². The van der Waals surface area contributed by atoms with Crippen LogP contribution in [0.1, 0.15) is 27.2 Å². The largest absolute Gasteiger partial charge is 0.465 e. The lowest BCUT2D eigenvalue weighted by atomic mass is 9.98. The van der Waals surface area contributed by atoms with E-state index in [0.717, 1.165) is 19.5 Å². The van der Waals surface area contributed by atoms with Crippen molar-refractivity contribution in [1.82, 2.24) is 9.80 Å². The predicted octanol–water partition coefficient (Wildman–Crippen LogP) is 1.47. The molecule has 0 aliphatic carbocycles. The number of nitrogens with zero attached hydrogens (tertiary/aromatic N) is 2. The van der Waals surface area contributed by atoms with Crippen molar-refractivity contribution in [2.45, 2.75) is 32.7 Å². The van der Waals surface area contributed by atoms with Gasteiger partial charge in [0, 0.05) is 31.7 Å². The second-order valence-electron chi connectivity index (χ2n) is 4.42. The Hall–Kier alpha value is -0.770. The average molecular weight is 200 g/mol. The van der Waals surface area contributed by atoms with Gasteiger partial charge in [-0.25, -0.2) is 4.79 Å². The summed E-state index contributed by atoms with van der Waals surface area (Å²) in [6.07, 6.45) is 0.305. The molecule has 4 heteroatoms. The van der Waals surface area contributed by atoms with Crippen LogP contribution in [-0.2, 0) is 0 Å². The van der Waals surface area contributed by atoms with Crippen LogP contribution in [0.3, 0.4) is 0 Å². The highest BCUT2D eigenvalue weighted by Gasteiger charge is 2.29. The Morgan fingerprint density at radius 2 is 1.79 bits per heavy atom. The summed E-state index contributed by atoms with van der Waals surface area (Å²) in [5.41, 5.74) is 0.199. The lowest BCUT2D eigenvalue weighted by Crippen LogP contribution is -2.55. The Labute approximate surface area is 85.5 Å². The predicted molar refractivity (Wildman–Crippen MR) is 55.5 cm³/mol. The van der Waals surface area contributed by atoms with E-state index < -0.39 is 6.09 Å². The molecule has 0 unspecified atom stereocenters. The molecule has 0 bridgehead atoms. The molecule has 0 radical (unpaired) electrons. The summed E-state index contributed by atoms with van der Waals surface area (Å²) in [7, 11) is 0. The van der Waals surface area contributed by atoms with Crippen molar-refractivity contribution in [3.8, 4) is 0 Å². The molecule has 0 atom stereocenters. The average Bonchev–Trinajstić information content (AvgIpc) is 2.18. The molecule has 1 aliphatic heterocycles. The van der Waals surface area contributed by atoms with Gasteiger partial charge < -0.3 is 10.0 Å². The standard InChI is InChI=1S/C10H20N2O2/c1-4-10(2,3)12-7-5-11(6-8-12)9(13)14/h4-8H2,1-3H3,(H,13,14). The van der Waals surface area contributed by atoms with Crippen LogP contribution in [0.15, 0.2) is 0 Å². The number of amides is 1. The van der Waals surface area contributed by atoms with E-state index in [-0.39, 0.29) is 5.54 Å². The molecule has 1 N–H and O–H groups in total. The molecule has 0 aromatic rings. The quantitative estimate of drug-likeness (QED) is 0.734. The number of carboxylic acid groups (broad SMARTS) is 1. The maximum atomic E-state index is 10.7. The first-order chi connectivity index (χ1) is 6.47. The van der Waals surface area contributed by atoms with E-state index >= 15 is 0 Å². The molecule has 1 rings (SSSR count). The minimum atomic E-state index is -0.793. The highest BCUT2D eigenvalue weighted by atomic mass is 16.4. The van der Waals surface area contributed by atoms with Crippen LogP contribution in [0.4, 0.5) is 4.79 Å². The second kappa shape index (κ2) is 4.17. The zero-order valence-electron chi connectivity index (χ0n) is 9.29. The summed E-state index contributed by atoms with van der Waals surface area (Å²) in [5, 5.41) is 8.79. The number of carbonyl (C=O) groups is 1. The molecule has 82 valence electrons. The molecule has 0 aromatic carbocycles. The van der Waals surface area contributed by atoms with Crippen LogP contribution < -0.4 is 0 Å². The van der Waals surface area contributed by atoms with E-state index in [0.29, 0.717) is 13.1 Å². The Bertz CT molecular complexity index is 208. The van der Waals surface area contributed by atoms with E-state index in [9.17, 15) is 4.79 Å². The molecule has 0 saturated carbocycles. The first-order valence-electron chi connectivity index (χ1n) is 5.20. The van der Waals surface area contributed by atoms with E-state index in [4.69, 9.17) is 5.11 Å². The van der Waals surface area contributed by atoms with Crippen molar-refractivity contribution in [3.05, 3.63) is 0 Å². The SMILES string of the molecule is CCC(C)(C)N1CCN(C(=O)O)CC1. The molecule has 1 saturated heterocycles. The van der Waals surface area contributed by atoms with E-state index in [2.05, 4.69) is 25.7 Å². The maximum Gasteiger partial charge on any atom is 0.407 e. The monoisotopic (exact) mass is 200 g/mol. The Morgan fingerprint density at radius 3 is 2.14 bits per heavy atom. The molecular formula is C10H20N2O2.